The summed E-state index contributed by atoms with van der Waals surface area (Å²) < 4.78 is 8.33. The van der Waals surface area contributed by atoms with E-state index in [1.165, 1.54) is 10.9 Å². The molecule has 2 aromatic carbocycles. The Morgan fingerprint density at radius 2 is 1.96 bits per heavy atom. The van der Waals surface area contributed by atoms with Gasteiger partial charge in [-0.2, -0.15) is 5.10 Å². The summed E-state index contributed by atoms with van der Waals surface area (Å²) in [5.41, 5.74) is 3.08. The topological polar surface area (TPSA) is 95.0 Å². The highest BCUT2D eigenvalue weighted by molar-refractivity contribution is 5.77. The summed E-state index contributed by atoms with van der Waals surface area (Å²) >= 11 is 0. The summed E-state index contributed by atoms with van der Waals surface area (Å²) in [7, 11) is 0. The Balaban J connectivity index is 1.38. The zero-order valence-corrected chi connectivity index (χ0v) is 15.3. The van der Waals surface area contributed by atoms with E-state index in [2.05, 4.69) is 15.4 Å². The number of hydrogen-bond donors (Lipinski definition) is 1. The lowest BCUT2D eigenvalue weighted by Crippen LogP contribution is -2.28. The van der Waals surface area contributed by atoms with Crippen LogP contribution in [0.2, 0.25) is 0 Å². The first-order valence-corrected chi connectivity index (χ1v) is 8.94. The maximum atomic E-state index is 12.3. The van der Waals surface area contributed by atoms with Crippen LogP contribution in [0.5, 0.6) is 0 Å². The van der Waals surface area contributed by atoms with Gasteiger partial charge in [0.25, 0.3) is 0 Å². The van der Waals surface area contributed by atoms with Crippen LogP contribution in [-0.4, -0.2) is 25.2 Å². The van der Waals surface area contributed by atoms with Crippen LogP contribution >= 0.6 is 0 Å². The van der Waals surface area contributed by atoms with Gasteiger partial charge < -0.3 is 9.73 Å². The summed E-state index contributed by atoms with van der Waals surface area (Å²) in [6.45, 7) is 2.18. The first-order chi connectivity index (χ1) is 13.6. The predicted octanol–water partition coefficient (Wildman–Crippen LogP) is 2.44. The summed E-state index contributed by atoms with van der Waals surface area (Å²) in [5.74, 6) is -0.587. The van der Waals surface area contributed by atoms with Crippen molar-refractivity contribution in [2.24, 2.45) is 0 Å². The van der Waals surface area contributed by atoms with Gasteiger partial charge in [0.2, 0.25) is 5.91 Å². The summed E-state index contributed by atoms with van der Waals surface area (Å²) in [5, 5.41) is 7.05. The molecular formula is C20H19N5O3. The average molecular weight is 377 g/mol. The first kappa shape index (κ1) is 17.7. The lowest BCUT2D eigenvalue weighted by Gasteiger charge is -2.15. The minimum Gasteiger partial charge on any atom is -0.408 e. The first-order valence-electron chi connectivity index (χ1n) is 8.94. The van der Waals surface area contributed by atoms with Gasteiger partial charge in [-0.3, -0.25) is 9.36 Å². The third-order valence-electron chi connectivity index (χ3n) is 4.59. The highest BCUT2D eigenvalue weighted by Crippen LogP contribution is 2.16. The number of oxazole rings is 1. The molecule has 0 aliphatic rings. The molecule has 0 bridgehead atoms. The van der Waals surface area contributed by atoms with Gasteiger partial charge in [-0.15, -0.1) is 0 Å². The molecule has 4 rings (SSSR count). The van der Waals surface area contributed by atoms with E-state index in [1.54, 1.807) is 29.2 Å². The summed E-state index contributed by atoms with van der Waals surface area (Å²) in [6.07, 6.45) is 3.29. The second-order valence-electron chi connectivity index (χ2n) is 6.46. The third kappa shape index (κ3) is 3.57. The Morgan fingerprint density at radius 1 is 1.18 bits per heavy atom. The van der Waals surface area contributed by atoms with E-state index < -0.39 is 5.76 Å². The normalized spacial score (nSPS) is 12.2. The molecule has 2 aromatic heterocycles. The molecule has 0 aliphatic heterocycles. The maximum absolute atomic E-state index is 12.3. The van der Waals surface area contributed by atoms with Gasteiger partial charge in [0, 0.05) is 13.0 Å². The molecular weight excluding hydrogens is 358 g/mol. The molecule has 142 valence electrons. The minimum absolute atomic E-state index is 0.134. The number of benzene rings is 2. The number of nitrogens with one attached hydrogen (secondary N) is 1. The molecule has 0 unspecified atom stereocenters. The average Bonchev–Trinajstić information content (AvgIpc) is 3.34. The van der Waals surface area contributed by atoms with Crippen molar-refractivity contribution in [3.63, 3.8) is 0 Å². The zero-order chi connectivity index (χ0) is 19.5. The standard InChI is InChI=1S/C20H19N5O3/c1-14(15-6-8-16(9-7-15)25-13-21-12-22-25)23-19(26)10-11-24-17-4-2-3-5-18(17)28-20(24)27/h2-9,12-14H,10-11H2,1H3,(H,23,26)/t14-/m1/s1. The predicted molar refractivity (Wildman–Crippen MR) is 103 cm³/mol. The molecule has 0 saturated heterocycles. The highest BCUT2D eigenvalue weighted by Gasteiger charge is 2.13. The second-order valence-corrected chi connectivity index (χ2v) is 6.46. The number of rotatable bonds is 6. The molecule has 0 saturated carbocycles. The van der Waals surface area contributed by atoms with E-state index in [4.69, 9.17) is 4.42 Å². The van der Waals surface area contributed by atoms with Crippen molar-refractivity contribution in [2.45, 2.75) is 25.9 Å². The van der Waals surface area contributed by atoms with Gasteiger partial charge >= 0.3 is 5.76 Å². The smallest absolute Gasteiger partial charge is 0.408 e. The lowest BCUT2D eigenvalue weighted by molar-refractivity contribution is -0.121. The Hall–Kier alpha value is -3.68. The molecule has 8 nitrogen and oxygen atoms in total. The largest absolute Gasteiger partial charge is 0.419 e. The van der Waals surface area contributed by atoms with Crippen molar-refractivity contribution in [2.75, 3.05) is 0 Å². The highest BCUT2D eigenvalue weighted by atomic mass is 16.4. The monoisotopic (exact) mass is 377 g/mol. The Kier molecular flexibility index (Phi) is 4.76. The Labute approximate surface area is 160 Å². The van der Waals surface area contributed by atoms with E-state index in [1.807, 2.05) is 37.3 Å². The summed E-state index contributed by atoms with van der Waals surface area (Å²) in [4.78, 5) is 28.2. The van der Waals surface area contributed by atoms with Crippen molar-refractivity contribution in [1.29, 1.82) is 0 Å². The number of fused-ring (bicyclic) bond motifs is 1. The fourth-order valence-corrected chi connectivity index (χ4v) is 3.09. The van der Waals surface area contributed by atoms with Crippen LogP contribution in [-0.2, 0) is 11.3 Å². The number of aryl methyl sites for hydroxylation is 1. The van der Waals surface area contributed by atoms with Gasteiger partial charge in [0.05, 0.1) is 17.2 Å². The molecule has 0 spiro atoms. The van der Waals surface area contributed by atoms with E-state index in [9.17, 15) is 9.59 Å². The lowest BCUT2D eigenvalue weighted by atomic mass is 10.1. The van der Waals surface area contributed by atoms with Crippen LogP contribution in [0.3, 0.4) is 0 Å². The summed E-state index contributed by atoms with van der Waals surface area (Å²) in [6, 6.07) is 14.7. The van der Waals surface area contributed by atoms with Crippen molar-refractivity contribution in [1.82, 2.24) is 24.6 Å². The van der Waals surface area contributed by atoms with Gasteiger partial charge in [-0.25, -0.2) is 14.5 Å². The molecule has 2 heterocycles. The van der Waals surface area contributed by atoms with Crippen molar-refractivity contribution in [3.8, 4) is 5.69 Å². The van der Waals surface area contributed by atoms with Crippen molar-refractivity contribution in [3.05, 3.63) is 77.3 Å². The maximum Gasteiger partial charge on any atom is 0.419 e. The number of para-hydroxylation sites is 2. The van der Waals surface area contributed by atoms with Crippen LogP contribution in [0, 0.1) is 0 Å². The zero-order valence-electron chi connectivity index (χ0n) is 15.3. The molecule has 4 aromatic rings. The second kappa shape index (κ2) is 7.51. The van der Waals surface area contributed by atoms with Gasteiger partial charge in [0.15, 0.2) is 5.58 Å². The SMILES string of the molecule is C[C@@H](NC(=O)CCn1c(=O)oc2ccccc21)c1ccc(-n2cncn2)cc1. The van der Waals surface area contributed by atoms with Crippen LogP contribution in [0.25, 0.3) is 16.8 Å². The van der Waals surface area contributed by atoms with Crippen LogP contribution in [0.1, 0.15) is 24.9 Å². The molecule has 1 N–H and O–H groups in total. The Morgan fingerprint density at radius 3 is 2.71 bits per heavy atom. The van der Waals surface area contributed by atoms with Crippen molar-refractivity contribution >= 4 is 17.0 Å². The molecule has 0 fully saturated rings. The number of aromatic nitrogens is 4. The van der Waals surface area contributed by atoms with Crippen LogP contribution in [0.15, 0.2) is 70.4 Å². The number of hydrogen-bond acceptors (Lipinski definition) is 5. The van der Waals surface area contributed by atoms with Gasteiger partial charge in [0.1, 0.15) is 12.7 Å². The van der Waals surface area contributed by atoms with E-state index in [-0.39, 0.29) is 24.9 Å². The number of carbonyl (C=O) groups is 1. The fourth-order valence-electron chi connectivity index (χ4n) is 3.09. The minimum atomic E-state index is -0.453. The van der Waals surface area contributed by atoms with Gasteiger partial charge in [-0.1, -0.05) is 24.3 Å². The van der Waals surface area contributed by atoms with Gasteiger partial charge in [-0.05, 0) is 36.8 Å². The molecule has 28 heavy (non-hydrogen) atoms. The van der Waals surface area contributed by atoms with E-state index in [0.29, 0.717) is 11.1 Å². The fraction of sp³-hybridized carbons (Fsp3) is 0.200. The van der Waals surface area contributed by atoms with E-state index in [0.717, 1.165) is 11.3 Å². The number of carbonyl (C=O) groups excluding carboxylic acids is 1. The molecule has 1 atom stereocenters. The number of amides is 1. The molecule has 0 aliphatic carbocycles. The Bertz CT molecular complexity index is 1140. The molecule has 8 heteroatoms. The third-order valence-corrected chi connectivity index (χ3v) is 4.59. The molecule has 1 amide bonds. The van der Waals surface area contributed by atoms with Crippen molar-refractivity contribution < 1.29 is 9.21 Å². The number of nitrogens with zero attached hydrogens (tertiary/aromatic N) is 4. The molecule has 0 radical (unpaired) electrons. The quantitative estimate of drug-likeness (QED) is 0.557. The van der Waals surface area contributed by atoms with Crippen LogP contribution in [0.4, 0.5) is 0 Å². The van der Waals surface area contributed by atoms with E-state index >= 15 is 0 Å². The van der Waals surface area contributed by atoms with Crippen LogP contribution < -0.4 is 11.1 Å².